The summed E-state index contributed by atoms with van der Waals surface area (Å²) < 4.78 is 10.5. The Morgan fingerprint density at radius 1 is 1.00 bits per heavy atom. The van der Waals surface area contributed by atoms with Gasteiger partial charge in [-0.15, -0.1) is 0 Å². The maximum Gasteiger partial charge on any atom is 0.0701 e. The van der Waals surface area contributed by atoms with Gasteiger partial charge in [-0.3, -0.25) is 0 Å². The van der Waals surface area contributed by atoms with Crippen molar-refractivity contribution >= 4 is 0 Å². The lowest BCUT2D eigenvalue weighted by molar-refractivity contribution is 0.0495. The van der Waals surface area contributed by atoms with E-state index in [0.29, 0.717) is 19.8 Å². The predicted octanol–water partition coefficient (Wildman–Crippen LogP) is 0.949. The molecule has 1 aliphatic rings. The van der Waals surface area contributed by atoms with Crippen LogP contribution in [0, 0.1) is 6.92 Å². The molecule has 1 fully saturated rings. The van der Waals surface area contributed by atoms with E-state index in [1.807, 2.05) is 0 Å². The Labute approximate surface area is 81.0 Å². The van der Waals surface area contributed by atoms with Gasteiger partial charge >= 0.3 is 0 Å². The summed E-state index contributed by atoms with van der Waals surface area (Å²) in [4.78, 5) is 2.45. The molecule has 0 spiro atoms. The van der Waals surface area contributed by atoms with Gasteiger partial charge in [-0.2, -0.15) is 0 Å². The predicted molar refractivity (Wildman–Crippen MR) is 52.7 cm³/mol. The molecule has 0 N–H and O–H groups in total. The number of hydrogen-bond donors (Lipinski definition) is 0. The summed E-state index contributed by atoms with van der Waals surface area (Å²) in [5, 5.41) is 0. The summed E-state index contributed by atoms with van der Waals surface area (Å²) in [6.07, 6.45) is 2.70. The zero-order valence-electron chi connectivity index (χ0n) is 8.33. The number of ether oxygens (including phenoxy) is 2. The molecule has 1 aliphatic heterocycles. The normalized spacial score (nSPS) is 18.2. The highest BCUT2D eigenvalue weighted by Gasteiger charge is 2.09. The molecular weight excluding hydrogens is 166 g/mol. The fraction of sp³-hybridized carbons (Fsp3) is 0.900. The molecule has 0 bridgehead atoms. The first kappa shape index (κ1) is 11.0. The van der Waals surface area contributed by atoms with Crippen LogP contribution in [0.5, 0.6) is 0 Å². The Kier molecular flexibility index (Phi) is 6.15. The molecule has 77 valence electrons. The number of rotatable bonds is 7. The molecule has 0 aromatic heterocycles. The van der Waals surface area contributed by atoms with Crippen molar-refractivity contribution in [3.8, 4) is 0 Å². The molecule has 0 atom stereocenters. The highest BCUT2D eigenvalue weighted by Crippen LogP contribution is 2.05. The maximum atomic E-state index is 5.40. The van der Waals surface area contributed by atoms with Crippen molar-refractivity contribution in [2.45, 2.75) is 12.8 Å². The summed E-state index contributed by atoms with van der Waals surface area (Å²) in [6.45, 7) is 9.89. The van der Waals surface area contributed by atoms with Crippen LogP contribution in [0.25, 0.3) is 0 Å². The fourth-order valence-corrected chi connectivity index (χ4v) is 1.52. The minimum Gasteiger partial charge on any atom is -0.379 e. The van der Waals surface area contributed by atoms with E-state index in [9.17, 15) is 0 Å². The van der Waals surface area contributed by atoms with Crippen molar-refractivity contribution in [3.05, 3.63) is 6.92 Å². The first-order valence-corrected chi connectivity index (χ1v) is 5.10. The Morgan fingerprint density at radius 2 is 1.69 bits per heavy atom. The highest BCUT2D eigenvalue weighted by atomic mass is 16.5. The van der Waals surface area contributed by atoms with Crippen LogP contribution in [0.3, 0.4) is 0 Å². The molecule has 0 aliphatic carbocycles. The van der Waals surface area contributed by atoms with Gasteiger partial charge in [0.15, 0.2) is 0 Å². The van der Waals surface area contributed by atoms with Crippen molar-refractivity contribution in [2.75, 3.05) is 46.1 Å². The zero-order chi connectivity index (χ0) is 9.36. The largest absolute Gasteiger partial charge is 0.379 e. The van der Waals surface area contributed by atoms with Gasteiger partial charge in [0.25, 0.3) is 0 Å². The van der Waals surface area contributed by atoms with Gasteiger partial charge in [0.1, 0.15) is 0 Å². The van der Waals surface area contributed by atoms with Gasteiger partial charge in [0, 0.05) is 13.2 Å². The SMILES string of the molecule is [CH2]COCCOCCN1CCCC1. The molecule has 0 saturated carbocycles. The molecule has 0 unspecified atom stereocenters. The molecule has 1 radical (unpaired) electrons. The molecule has 0 amide bonds. The second-order valence-electron chi connectivity index (χ2n) is 3.27. The molecule has 1 rings (SSSR count). The molecule has 3 heteroatoms. The lowest BCUT2D eigenvalue weighted by Crippen LogP contribution is -2.24. The number of likely N-dealkylation sites (tertiary alicyclic amines) is 1. The van der Waals surface area contributed by atoms with Crippen LogP contribution in [0.2, 0.25) is 0 Å². The van der Waals surface area contributed by atoms with Gasteiger partial charge in [-0.05, 0) is 32.9 Å². The third kappa shape index (κ3) is 5.24. The first-order chi connectivity index (χ1) is 6.43. The second kappa shape index (κ2) is 7.30. The van der Waals surface area contributed by atoms with Crippen LogP contribution in [0.1, 0.15) is 12.8 Å². The van der Waals surface area contributed by atoms with Crippen LogP contribution in [0.4, 0.5) is 0 Å². The van der Waals surface area contributed by atoms with Crippen molar-refractivity contribution in [1.82, 2.24) is 4.90 Å². The maximum absolute atomic E-state index is 5.40. The van der Waals surface area contributed by atoms with Crippen molar-refractivity contribution in [1.29, 1.82) is 0 Å². The average Bonchev–Trinajstić information content (AvgIpc) is 2.63. The highest BCUT2D eigenvalue weighted by molar-refractivity contribution is 4.64. The third-order valence-electron chi connectivity index (χ3n) is 2.27. The van der Waals surface area contributed by atoms with E-state index in [1.54, 1.807) is 0 Å². The zero-order valence-corrected chi connectivity index (χ0v) is 8.33. The Hall–Kier alpha value is -0.120. The quantitative estimate of drug-likeness (QED) is 0.553. The molecule has 1 heterocycles. The minimum absolute atomic E-state index is 0.537. The number of hydrogen-bond acceptors (Lipinski definition) is 3. The Bertz CT molecular complexity index is 113. The minimum atomic E-state index is 0.537. The summed E-state index contributed by atoms with van der Waals surface area (Å²) in [7, 11) is 0. The topological polar surface area (TPSA) is 21.7 Å². The van der Waals surface area contributed by atoms with E-state index < -0.39 is 0 Å². The summed E-state index contributed by atoms with van der Waals surface area (Å²) in [5.74, 6) is 0. The van der Waals surface area contributed by atoms with Crippen molar-refractivity contribution in [3.63, 3.8) is 0 Å². The summed E-state index contributed by atoms with van der Waals surface area (Å²) in [6, 6.07) is 0. The van der Waals surface area contributed by atoms with E-state index in [2.05, 4.69) is 11.8 Å². The molecule has 13 heavy (non-hydrogen) atoms. The van der Waals surface area contributed by atoms with Crippen molar-refractivity contribution in [2.24, 2.45) is 0 Å². The second-order valence-corrected chi connectivity index (χ2v) is 3.27. The van der Waals surface area contributed by atoms with E-state index >= 15 is 0 Å². The smallest absolute Gasteiger partial charge is 0.0701 e. The summed E-state index contributed by atoms with van der Waals surface area (Å²) >= 11 is 0. The lowest BCUT2D eigenvalue weighted by Gasteiger charge is -2.14. The van der Waals surface area contributed by atoms with Crippen LogP contribution in [0.15, 0.2) is 0 Å². The molecule has 1 saturated heterocycles. The third-order valence-corrected chi connectivity index (χ3v) is 2.27. The number of nitrogens with zero attached hydrogens (tertiary/aromatic N) is 1. The van der Waals surface area contributed by atoms with Crippen LogP contribution in [-0.2, 0) is 9.47 Å². The Balaban J connectivity index is 1.78. The van der Waals surface area contributed by atoms with Gasteiger partial charge in [-0.1, -0.05) is 0 Å². The Morgan fingerprint density at radius 3 is 2.38 bits per heavy atom. The van der Waals surface area contributed by atoms with Crippen LogP contribution in [-0.4, -0.2) is 51.0 Å². The van der Waals surface area contributed by atoms with E-state index in [-0.39, 0.29) is 0 Å². The van der Waals surface area contributed by atoms with Crippen molar-refractivity contribution < 1.29 is 9.47 Å². The van der Waals surface area contributed by atoms with Gasteiger partial charge in [-0.25, -0.2) is 0 Å². The van der Waals surface area contributed by atoms with Crippen LogP contribution >= 0.6 is 0 Å². The van der Waals surface area contributed by atoms with E-state index in [0.717, 1.165) is 13.2 Å². The summed E-state index contributed by atoms with van der Waals surface area (Å²) in [5.41, 5.74) is 0. The standard InChI is InChI=1S/C10H20NO2/c1-2-12-9-10-13-8-7-11-5-3-4-6-11/h1-10H2. The van der Waals surface area contributed by atoms with Crippen LogP contribution < -0.4 is 0 Å². The first-order valence-electron chi connectivity index (χ1n) is 5.10. The molecular formula is C10H20NO2. The average molecular weight is 186 g/mol. The van der Waals surface area contributed by atoms with E-state index in [1.165, 1.54) is 25.9 Å². The van der Waals surface area contributed by atoms with Gasteiger partial charge in [0.05, 0.1) is 19.8 Å². The molecule has 0 aromatic carbocycles. The monoisotopic (exact) mass is 186 g/mol. The van der Waals surface area contributed by atoms with Gasteiger partial charge in [0.2, 0.25) is 0 Å². The molecule has 0 aromatic rings. The van der Waals surface area contributed by atoms with E-state index in [4.69, 9.17) is 9.47 Å². The molecule has 3 nitrogen and oxygen atoms in total. The van der Waals surface area contributed by atoms with Gasteiger partial charge < -0.3 is 14.4 Å². The lowest BCUT2D eigenvalue weighted by atomic mass is 10.4. The fourth-order valence-electron chi connectivity index (χ4n) is 1.52.